The van der Waals surface area contributed by atoms with E-state index in [1.807, 2.05) is 13.8 Å². The molecule has 1 aliphatic heterocycles. The highest BCUT2D eigenvalue weighted by Gasteiger charge is 2.44. The number of carbonyl (C=O) groups is 1. The maximum Gasteiger partial charge on any atom is 0.303 e. The Hall–Kier alpha value is -0.920. The Labute approximate surface area is 176 Å². The monoisotopic (exact) mass is 432 g/mol. The Balaban J connectivity index is 2.61. The molecule has 0 aromatic heterocycles. The molecule has 1 fully saturated rings. The van der Waals surface area contributed by atoms with Crippen molar-refractivity contribution in [3.05, 3.63) is 12.2 Å². The van der Waals surface area contributed by atoms with E-state index >= 15 is 0 Å². The second-order valence-electron chi connectivity index (χ2n) is 9.13. The van der Waals surface area contributed by atoms with E-state index in [2.05, 4.69) is 6.92 Å². The molecule has 0 saturated carbocycles. The number of carboxylic acid groups (broad SMARTS) is 1. The van der Waals surface area contributed by atoms with Crippen LogP contribution in [0.4, 0.5) is 0 Å². The predicted molar refractivity (Wildman–Crippen MR) is 115 cm³/mol. The number of aliphatic hydroxyl groups is 2. The van der Waals surface area contributed by atoms with Crippen molar-refractivity contribution in [2.45, 2.75) is 102 Å². The average Bonchev–Trinajstić information content (AvgIpc) is 2.84. The number of unbranched alkanes of at least 4 members (excludes halogenated alkanes) is 5. The Morgan fingerprint density at radius 3 is 2.38 bits per heavy atom. The Morgan fingerprint density at radius 1 is 1.14 bits per heavy atom. The number of hydrogen-bond acceptors (Lipinski definition) is 5. The van der Waals surface area contributed by atoms with Crippen LogP contribution in [-0.2, 0) is 14.6 Å². The van der Waals surface area contributed by atoms with Gasteiger partial charge in [-0.1, -0.05) is 71.4 Å². The van der Waals surface area contributed by atoms with Crippen LogP contribution >= 0.6 is 0 Å². The fourth-order valence-electron chi connectivity index (χ4n) is 4.01. The molecule has 1 aliphatic rings. The summed E-state index contributed by atoms with van der Waals surface area (Å²) < 4.78 is 25.0. The minimum atomic E-state index is -3.35. The van der Waals surface area contributed by atoms with Gasteiger partial charge in [0.25, 0.3) is 0 Å². The van der Waals surface area contributed by atoms with Gasteiger partial charge < -0.3 is 15.3 Å². The Bertz CT molecular complexity index is 625. The van der Waals surface area contributed by atoms with Gasteiger partial charge in [-0.2, -0.15) is 0 Å². The van der Waals surface area contributed by atoms with Crippen molar-refractivity contribution in [1.82, 2.24) is 0 Å². The van der Waals surface area contributed by atoms with Crippen LogP contribution in [0.15, 0.2) is 12.2 Å². The van der Waals surface area contributed by atoms with Crippen molar-refractivity contribution in [3.63, 3.8) is 0 Å². The normalized spacial score (nSPS) is 25.5. The van der Waals surface area contributed by atoms with Gasteiger partial charge in [0.1, 0.15) is 0 Å². The second-order valence-corrected chi connectivity index (χ2v) is 11.4. The van der Waals surface area contributed by atoms with Crippen molar-refractivity contribution in [2.75, 3.05) is 5.75 Å². The summed E-state index contributed by atoms with van der Waals surface area (Å²) in [5.41, 5.74) is -0.291. The largest absolute Gasteiger partial charge is 0.481 e. The minimum absolute atomic E-state index is 0.174. The quantitative estimate of drug-likeness (QED) is 0.285. The highest BCUT2D eigenvalue weighted by molar-refractivity contribution is 7.92. The van der Waals surface area contributed by atoms with E-state index < -0.39 is 39.2 Å². The van der Waals surface area contributed by atoms with Crippen LogP contribution in [0.3, 0.4) is 0 Å². The number of aliphatic carboxylic acids is 1. The van der Waals surface area contributed by atoms with E-state index in [0.717, 1.165) is 44.9 Å². The third kappa shape index (κ3) is 8.77. The number of carboxylic acids is 1. The standard InChI is InChI=1S/C22H40O6S/c1-4-5-15-22(2,3)20(24)14-13-17-18(23)16-29(27,28)19(17)11-9-7-6-8-10-12-21(25)26/h13-14,17-20,23-24H,4-12,15-16H2,1-3H3,(H,25,26)/b14-13+. The molecule has 0 amide bonds. The zero-order chi connectivity index (χ0) is 22.1. The second kappa shape index (κ2) is 12.1. The first kappa shape index (κ1) is 26.1. The van der Waals surface area contributed by atoms with Crippen LogP contribution in [0.25, 0.3) is 0 Å². The summed E-state index contributed by atoms with van der Waals surface area (Å²) in [6.45, 7) is 6.11. The molecule has 29 heavy (non-hydrogen) atoms. The number of sulfone groups is 1. The Kier molecular flexibility index (Phi) is 10.9. The average molecular weight is 433 g/mol. The van der Waals surface area contributed by atoms with Crippen molar-refractivity contribution >= 4 is 15.8 Å². The van der Waals surface area contributed by atoms with Gasteiger partial charge in [0.15, 0.2) is 9.84 Å². The molecule has 4 unspecified atom stereocenters. The third-order valence-corrected chi connectivity index (χ3v) is 8.39. The van der Waals surface area contributed by atoms with Gasteiger partial charge >= 0.3 is 5.97 Å². The lowest BCUT2D eigenvalue weighted by molar-refractivity contribution is -0.137. The molecule has 170 valence electrons. The summed E-state index contributed by atoms with van der Waals surface area (Å²) in [6.07, 6.45) is 9.33. The molecule has 1 rings (SSSR count). The lowest BCUT2D eigenvalue weighted by Gasteiger charge is -2.29. The molecule has 0 aliphatic carbocycles. The lowest BCUT2D eigenvalue weighted by atomic mass is 9.80. The highest BCUT2D eigenvalue weighted by Crippen LogP contribution is 2.34. The van der Waals surface area contributed by atoms with Crippen molar-refractivity contribution in [1.29, 1.82) is 0 Å². The van der Waals surface area contributed by atoms with Crippen LogP contribution in [0.1, 0.15) is 85.0 Å². The van der Waals surface area contributed by atoms with Crippen LogP contribution in [0.5, 0.6) is 0 Å². The van der Waals surface area contributed by atoms with Gasteiger partial charge in [-0.05, 0) is 24.7 Å². The molecule has 1 saturated heterocycles. The molecule has 7 heteroatoms. The molecule has 0 aromatic rings. The van der Waals surface area contributed by atoms with Gasteiger partial charge in [0, 0.05) is 12.3 Å². The smallest absolute Gasteiger partial charge is 0.303 e. The van der Waals surface area contributed by atoms with Crippen molar-refractivity contribution in [2.24, 2.45) is 11.3 Å². The van der Waals surface area contributed by atoms with E-state index in [-0.39, 0.29) is 17.6 Å². The van der Waals surface area contributed by atoms with Gasteiger partial charge in [0.2, 0.25) is 0 Å². The van der Waals surface area contributed by atoms with Gasteiger partial charge in [0.05, 0.1) is 23.2 Å². The first-order valence-electron chi connectivity index (χ1n) is 11.0. The van der Waals surface area contributed by atoms with Crippen molar-refractivity contribution < 1.29 is 28.5 Å². The van der Waals surface area contributed by atoms with Crippen LogP contribution in [0.2, 0.25) is 0 Å². The van der Waals surface area contributed by atoms with E-state index in [0.29, 0.717) is 12.8 Å². The summed E-state index contributed by atoms with van der Waals surface area (Å²) in [6, 6.07) is 0. The van der Waals surface area contributed by atoms with E-state index in [9.17, 15) is 23.4 Å². The van der Waals surface area contributed by atoms with Gasteiger partial charge in [-0.3, -0.25) is 4.79 Å². The van der Waals surface area contributed by atoms with Crippen LogP contribution in [0, 0.1) is 11.3 Å². The fraction of sp³-hybridized carbons (Fsp3) is 0.864. The molecule has 0 radical (unpaired) electrons. The fourth-order valence-corrected chi connectivity index (χ4v) is 6.23. The SMILES string of the molecule is CCCCC(C)(C)C(O)/C=C/C1C(O)CS(=O)(=O)C1CCCCCCCC(=O)O. The predicted octanol–water partition coefficient (Wildman–Crippen LogP) is 3.71. The number of aliphatic hydroxyl groups excluding tert-OH is 2. The Morgan fingerprint density at radius 2 is 1.76 bits per heavy atom. The molecule has 0 aromatic carbocycles. The van der Waals surface area contributed by atoms with Crippen molar-refractivity contribution in [3.8, 4) is 0 Å². The summed E-state index contributed by atoms with van der Waals surface area (Å²) in [5.74, 6) is -1.49. The maximum absolute atomic E-state index is 12.5. The summed E-state index contributed by atoms with van der Waals surface area (Å²) in [4.78, 5) is 10.5. The minimum Gasteiger partial charge on any atom is -0.481 e. The van der Waals surface area contributed by atoms with Crippen LogP contribution < -0.4 is 0 Å². The third-order valence-electron chi connectivity index (χ3n) is 6.11. The molecule has 3 N–H and O–H groups in total. The maximum atomic E-state index is 12.5. The summed E-state index contributed by atoms with van der Waals surface area (Å²) >= 11 is 0. The van der Waals surface area contributed by atoms with E-state index in [1.54, 1.807) is 12.2 Å². The molecular weight excluding hydrogens is 392 g/mol. The van der Waals surface area contributed by atoms with Gasteiger partial charge in [-0.15, -0.1) is 0 Å². The van der Waals surface area contributed by atoms with Gasteiger partial charge in [-0.25, -0.2) is 8.42 Å². The topological polar surface area (TPSA) is 112 Å². The molecular formula is C22H40O6S. The first-order chi connectivity index (χ1) is 13.5. The molecule has 4 atom stereocenters. The zero-order valence-electron chi connectivity index (χ0n) is 18.2. The summed E-state index contributed by atoms with van der Waals surface area (Å²) in [5, 5.41) is 28.9. The highest BCUT2D eigenvalue weighted by atomic mass is 32.2. The number of hydrogen-bond donors (Lipinski definition) is 3. The molecule has 0 spiro atoms. The van der Waals surface area contributed by atoms with Crippen LogP contribution in [-0.4, -0.2) is 52.9 Å². The van der Waals surface area contributed by atoms with E-state index in [4.69, 9.17) is 5.11 Å². The first-order valence-corrected chi connectivity index (χ1v) is 12.7. The zero-order valence-corrected chi connectivity index (χ0v) is 19.0. The lowest BCUT2D eigenvalue weighted by Crippen LogP contribution is -2.29. The van der Waals surface area contributed by atoms with E-state index in [1.165, 1.54) is 0 Å². The molecule has 6 nitrogen and oxygen atoms in total. The summed E-state index contributed by atoms with van der Waals surface area (Å²) in [7, 11) is -3.35. The molecule has 1 heterocycles. The number of rotatable bonds is 14. The molecule has 0 bridgehead atoms.